The number of hydrogen-bond acceptors (Lipinski definition) is 6. The number of benzene rings is 1. The molecule has 1 fully saturated rings. The van der Waals surface area contributed by atoms with Gasteiger partial charge in [0.25, 0.3) is 5.91 Å². The SMILES string of the molecule is O=C(NCc1ccccn1)c1ccc2[nH]c(O)c(-c3ccc(CN4CCOCC4)cn3)c2c1. The van der Waals surface area contributed by atoms with E-state index in [4.69, 9.17) is 4.74 Å². The first kappa shape index (κ1) is 21.1. The molecule has 8 nitrogen and oxygen atoms in total. The van der Waals surface area contributed by atoms with Crippen molar-refractivity contribution in [2.45, 2.75) is 13.1 Å². The molecular formula is C25H25N5O3. The van der Waals surface area contributed by atoms with Crippen LogP contribution in [0.25, 0.3) is 22.2 Å². The Morgan fingerprint density at radius 1 is 1.12 bits per heavy atom. The average Bonchev–Trinajstić information content (AvgIpc) is 3.19. The molecule has 1 aliphatic heterocycles. The molecule has 1 aliphatic rings. The van der Waals surface area contributed by atoms with Crippen LogP contribution in [0.2, 0.25) is 0 Å². The quantitative estimate of drug-likeness (QED) is 0.423. The van der Waals surface area contributed by atoms with Crippen LogP contribution in [-0.4, -0.2) is 57.2 Å². The summed E-state index contributed by atoms with van der Waals surface area (Å²) in [6.07, 6.45) is 3.54. The van der Waals surface area contributed by atoms with E-state index in [2.05, 4.69) is 25.2 Å². The molecule has 0 saturated carbocycles. The fourth-order valence-electron chi connectivity index (χ4n) is 4.04. The van der Waals surface area contributed by atoms with Crippen LogP contribution < -0.4 is 5.32 Å². The molecule has 8 heteroatoms. The maximum atomic E-state index is 12.7. The first-order valence-corrected chi connectivity index (χ1v) is 11.0. The van der Waals surface area contributed by atoms with Crippen molar-refractivity contribution >= 4 is 16.8 Å². The van der Waals surface area contributed by atoms with Crippen molar-refractivity contribution in [1.29, 1.82) is 0 Å². The van der Waals surface area contributed by atoms with E-state index in [1.807, 2.05) is 36.5 Å². The van der Waals surface area contributed by atoms with Crippen molar-refractivity contribution in [1.82, 2.24) is 25.2 Å². The van der Waals surface area contributed by atoms with Gasteiger partial charge in [-0.2, -0.15) is 0 Å². The van der Waals surface area contributed by atoms with Crippen molar-refractivity contribution < 1.29 is 14.6 Å². The number of carbonyl (C=O) groups is 1. The number of nitrogens with zero attached hydrogens (tertiary/aromatic N) is 3. The Bertz CT molecular complexity index is 1250. The minimum Gasteiger partial charge on any atom is -0.494 e. The number of fused-ring (bicyclic) bond motifs is 1. The minimum atomic E-state index is -0.206. The van der Waals surface area contributed by atoms with Crippen molar-refractivity contribution in [2.75, 3.05) is 26.3 Å². The van der Waals surface area contributed by atoms with E-state index in [0.717, 1.165) is 55.0 Å². The lowest BCUT2D eigenvalue weighted by molar-refractivity contribution is 0.0341. The predicted molar refractivity (Wildman–Crippen MR) is 125 cm³/mol. The van der Waals surface area contributed by atoms with E-state index in [1.165, 1.54) is 0 Å². The molecular weight excluding hydrogens is 418 g/mol. The summed E-state index contributed by atoms with van der Waals surface area (Å²) in [4.78, 5) is 26.8. The Morgan fingerprint density at radius 3 is 2.76 bits per heavy atom. The highest BCUT2D eigenvalue weighted by molar-refractivity contribution is 6.03. The molecule has 0 unspecified atom stereocenters. The van der Waals surface area contributed by atoms with Crippen molar-refractivity contribution in [2.24, 2.45) is 0 Å². The van der Waals surface area contributed by atoms with Crippen LogP contribution in [0.1, 0.15) is 21.6 Å². The largest absolute Gasteiger partial charge is 0.494 e. The number of hydrogen-bond donors (Lipinski definition) is 3. The van der Waals surface area contributed by atoms with Crippen LogP contribution in [0.5, 0.6) is 5.88 Å². The van der Waals surface area contributed by atoms with Gasteiger partial charge in [-0.25, -0.2) is 0 Å². The lowest BCUT2D eigenvalue weighted by Crippen LogP contribution is -2.35. The molecule has 0 radical (unpaired) electrons. The number of aromatic nitrogens is 3. The van der Waals surface area contributed by atoms with Gasteiger partial charge in [-0.1, -0.05) is 12.1 Å². The molecule has 0 bridgehead atoms. The van der Waals surface area contributed by atoms with Crippen LogP contribution >= 0.6 is 0 Å². The summed E-state index contributed by atoms with van der Waals surface area (Å²) in [5, 5.41) is 14.2. The zero-order chi connectivity index (χ0) is 22.6. The van der Waals surface area contributed by atoms with E-state index >= 15 is 0 Å². The van der Waals surface area contributed by atoms with Crippen LogP contribution in [0.3, 0.4) is 0 Å². The Balaban J connectivity index is 1.36. The number of H-pyrrole nitrogens is 1. The van der Waals surface area contributed by atoms with Gasteiger partial charge in [-0.3, -0.25) is 19.7 Å². The Hall–Kier alpha value is -3.75. The number of pyridine rings is 2. The molecule has 4 aromatic rings. The number of rotatable bonds is 6. The molecule has 3 aromatic heterocycles. The number of carbonyl (C=O) groups excluding carboxylic acids is 1. The first-order valence-electron chi connectivity index (χ1n) is 11.0. The smallest absolute Gasteiger partial charge is 0.251 e. The Morgan fingerprint density at radius 2 is 2.00 bits per heavy atom. The van der Waals surface area contributed by atoms with Crippen molar-refractivity contribution in [3.05, 3.63) is 77.7 Å². The predicted octanol–water partition coefficient (Wildman–Crippen LogP) is 3.09. The summed E-state index contributed by atoms with van der Waals surface area (Å²) >= 11 is 0. The minimum absolute atomic E-state index is 0.0319. The third-order valence-corrected chi connectivity index (χ3v) is 5.79. The van der Waals surface area contributed by atoms with Gasteiger partial charge >= 0.3 is 0 Å². The maximum absolute atomic E-state index is 12.7. The molecule has 5 rings (SSSR count). The topological polar surface area (TPSA) is 103 Å². The molecule has 33 heavy (non-hydrogen) atoms. The summed E-state index contributed by atoms with van der Waals surface area (Å²) in [5.74, 6) is -0.174. The molecule has 0 atom stereocenters. The molecule has 0 spiro atoms. The lowest BCUT2D eigenvalue weighted by Gasteiger charge is -2.26. The molecule has 4 heterocycles. The van der Waals surface area contributed by atoms with Crippen LogP contribution in [0.15, 0.2) is 60.9 Å². The van der Waals surface area contributed by atoms with Gasteiger partial charge < -0.3 is 20.1 Å². The highest BCUT2D eigenvalue weighted by Gasteiger charge is 2.17. The lowest BCUT2D eigenvalue weighted by atomic mass is 10.1. The van der Waals surface area contributed by atoms with E-state index in [9.17, 15) is 9.90 Å². The fraction of sp³-hybridized carbons (Fsp3) is 0.240. The van der Waals surface area contributed by atoms with E-state index in [0.29, 0.717) is 23.4 Å². The van der Waals surface area contributed by atoms with Crippen LogP contribution in [0.4, 0.5) is 0 Å². The third-order valence-electron chi connectivity index (χ3n) is 5.79. The van der Waals surface area contributed by atoms with Gasteiger partial charge in [0, 0.05) is 48.5 Å². The van der Waals surface area contributed by atoms with Crippen molar-refractivity contribution in [3.8, 4) is 17.1 Å². The van der Waals surface area contributed by atoms with E-state index < -0.39 is 0 Å². The molecule has 1 saturated heterocycles. The number of aromatic hydroxyl groups is 1. The zero-order valence-corrected chi connectivity index (χ0v) is 18.1. The summed E-state index contributed by atoms with van der Waals surface area (Å²) < 4.78 is 5.40. The van der Waals surface area contributed by atoms with Gasteiger partial charge in [0.2, 0.25) is 0 Å². The van der Waals surface area contributed by atoms with Crippen LogP contribution in [0, 0.1) is 0 Å². The van der Waals surface area contributed by atoms with Gasteiger partial charge in [0.05, 0.1) is 36.7 Å². The number of morpholine rings is 1. The first-order chi connectivity index (χ1) is 16.2. The van der Waals surface area contributed by atoms with Gasteiger partial charge in [-0.15, -0.1) is 0 Å². The number of nitrogens with one attached hydrogen (secondary N) is 2. The number of amides is 1. The summed E-state index contributed by atoms with van der Waals surface area (Å²) in [5.41, 5.74) is 4.37. The summed E-state index contributed by atoms with van der Waals surface area (Å²) in [7, 11) is 0. The monoisotopic (exact) mass is 443 g/mol. The fourth-order valence-corrected chi connectivity index (χ4v) is 4.04. The maximum Gasteiger partial charge on any atom is 0.251 e. The normalized spacial score (nSPS) is 14.4. The second-order valence-electron chi connectivity index (χ2n) is 8.05. The Kier molecular flexibility index (Phi) is 6.01. The number of ether oxygens (including phenoxy) is 1. The van der Waals surface area contributed by atoms with Crippen LogP contribution in [-0.2, 0) is 17.8 Å². The second kappa shape index (κ2) is 9.40. The highest BCUT2D eigenvalue weighted by atomic mass is 16.5. The molecule has 1 amide bonds. The Labute approximate surface area is 191 Å². The standard InChI is InChI=1S/C25H25N5O3/c31-24(28-15-19-3-1-2-8-26-19)18-5-7-21-20(13-18)23(25(32)29-21)22-6-4-17(14-27-22)16-30-9-11-33-12-10-30/h1-8,13-14,29,32H,9-12,15-16H2,(H,28,31). The van der Waals surface area contributed by atoms with Gasteiger partial charge in [0.15, 0.2) is 5.88 Å². The zero-order valence-electron chi connectivity index (χ0n) is 18.1. The van der Waals surface area contributed by atoms with E-state index in [1.54, 1.807) is 24.4 Å². The molecule has 1 aromatic carbocycles. The van der Waals surface area contributed by atoms with Gasteiger partial charge in [0.1, 0.15) is 0 Å². The number of aromatic amines is 1. The van der Waals surface area contributed by atoms with Gasteiger partial charge in [-0.05, 0) is 42.0 Å². The highest BCUT2D eigenvalue weighted by Crippen LogP contribution is 2.36. The molecule has 168 valence electrons. The average molecular weight is 444 g/mol. The third kappa shape index (κ3) is 4.72. The van der Waals surface area contributed by atoms with E-state index in [-0.39, 0.29) is 11.8 Å². The molecule has 0 aliphatic carbocycles. The summed E-state index contributed by atoms with van der Waals surface area (Å²) in [6, 6.07) is 14.8. The van der Waals surface area contributed by atoms with Crippen molar-refractivity contribution in [3.63, 3.8) is 0 Å². The molecule has 3 N–H and O–H groups in total. The second-order valence-corrected chi connectivity index (χ2v) is 8.05. The summed E-state index contributed by atoms with van der Waals surface area (Å²) in [6.45, 7) is 4.50.